The molecule has 1 aliphatic heterocycles. The molecule has 1 fully saturated rings. The Balaban J connectivity index is 1.56. The van der Waals surface area contributed by atoms with E-state index < -0.39 is 0 Å². The number of aromatic nitrogens is 4. The van der Waals surface area contributed by atoms with Crippen molar-refractivity contribution in [2.24, 2.45) is 7.05 Å². The van der Waals surface area contributed by atoms with Gasteiger partial charge in [-0.3, -0.25) is 4.90 Å². The molecular formula is C17H25N5O. The fourth-order valence-electron chi connectivity index (χ4n) is 3.98. The zero-order valence-electron chi connectivity index (χ0n) is 14.1. The summed E-state index contributed by atoms with van der Waals surface area (Å²) in [5, 5.41) is 8.26. The maximum atomic E-state index is 5.70. The van der Waals surface area contributed by atoms with E-state index in [1.165, 1.54) is 49.3 Å². The van der Waals surface area contributed by atoms with Gasteiger partial charge in [0.2, 0.25) is 11.8 Å². The standard InChI is InChI=1S/C17H25N5O/c1-3-15-19-20-16(23-15)11-22-10-6-9-14(22)17-18-12-7-4-5-8-13(12)21(17)2/h14H,3-11H2,1-2H3/t14-/m0/s1. The number of hydrogen-bond donors (Lipinski definition) is 0. The van der Waals surface area contributed by atoms with Gasteiger partial charge in [-0.05, 0) is 45.1 Å². The van der Waals surface area contributed by atoms with Gasteiger partial charge in [0.1, 0.15) is 5.82 Å². The summed E-state index contributed by atoms with van der Waals surface area (Å²) < 4.78 is 8.05. The maximum Gasteiger partial charge on any atom is 0.230 e. The predicted octanol–water partition coefficient (Wildman–Crippen LogP) is 2.58. The summed E-state index contributed by atoms with van der Waals surface area (Å²) in [6.45, 7) is 3.84. The van der Waals surface area contributed by atoms with Gasteiger partial charge in [-0.2, -0.15) is 0 Å². The topological polar surface area (TPSA) is 60.0 Å². The van der Waals surface area contributed by atoms with Gasteiger partial charge in [0, 0.05) is 19.2 Å². The third kappa shape index (κ3) is 2.69. The first kappa shape index (κ1) is 14.9. The van der Waals surface area contributed by atoms with Gasteiger partial charge >= 0.3 is 0 Å². The van der Waals surface area contributed by atoms with Gasteiger partial charge in [0.25, 0.3) is 0 Å². The van der Waals surface area contributed by atoms with E-state index in [2.05, 4.69) is 26.7 Å². The van der Waals surface area contributed by atoms with Crippen molar-refractivity contribution in [3.63, 3.8) is 0 Å². The number of rotatable bonds is 4. The van der Waals surface area contributed by atoms with E-state index in [1.54, 1.807) is 0 Å². The molecule has 0 radical (unpaired) electrons. The summed E-state index contributed by atoms with van der Waals surface area (Å²) in [5.41, 5.74) is 2.77. The molecule has 0 saturated carbocycles. The normalized spacial score (nSPS) is 21.7. The molecule has 0 bridgehead atoms. The lowest BCUT2D eigenvalue weighted by molar-refractivity contribution is 0.211. The van der Waals surface area contributed by atoms with Crippen LogP contribution in [-0.4, -0.2) is 31.2 Å². The fraction of sp³-hybridized carbons (Fsp3) is 0.706. The molecule has 2 aromatic rings. The van der Waals surface area contributed by atoms with Crippen LogP contribution in [0.15, 0.2) is 4.42 Å². The Labute approximate surface area is 136 Å². The van der Waals surface area contributed by atoms with Crippen LogP contribution < -0.4 is 0 Å². The van der Waals surface area contributed by atoms with Crippen molar-refractivity contribution in [2.45, 2.75) is 64.5 Å². The van der Waals surface area contributed by atoms with Crippen LogP contribution in [0.5, 0.6) is 0 Å². The predicted molar refractivity (Wildman–Crippen MR) is 85.9 cm³/mol. The molecule has 1 atom stereocenters. The molecule has 2 aliphatic rings. The van der Waals surface area contributed by atoms with E-state index in [4.69, 9.17) is 9.40 Å². The zero-order chi connectivity index (χ0) is 15.8. The number of hydrogen-bond acceptors (Lipinski definition) is 5. The molecule has 124 valence electrons. The van der Waals surface area contributed by atoms with E-state index in [1.807, 2.05) is 6.92 Å². The average molecular weight is 315 g/mol. The van der Waals surface area contributed by atoms with Crippen LogP contribution in [0.3, 0.4) is 0 Å². The number of imidazole rings is 1. The van der Waals surface area contributed by atoms with Crippen molar-refractivity contribution in [1.82, 2.24) is 24.6 Å². The Bertz CT molecular complexity index is 689. The van der Waals surface area contributed by atoms with Gasteiger partial charge in [0.15, 0.2) is 0 Å². The Hall–Kier alpha value is -1.69. The molecule has 0 aromatic carbocycles. The first-order valence-electron chi connectivity index (χ1n) is 8.86. The SMILES string of the molecule is CCc1nnc(CN2CCC[C@H]2c2nc3c(n2C)CCCC3)o1. The van der Waals surface area contributed by atoms with Crippen molar-refractivity contribution in [3.05, 3.63) is 29.0 Å². The average Bonchev–Trinajstić information content (AvgIpc) is 3.28. The van der Waals surface area contributed by atoms with Crippen molar-refractivity contribution in [3.8, 4) is 0 Å². The highest BCUT2D eigenvalue weighted by Gasteiger charge is 2.32. The molecule has 0 unspecified atom stereocenters. The fourth-order valence-corrected chi connectivity index (χ4v) is 3.98. The van der Waals surface area contributed by atoms with Gasteiger partial charge < -0.3 is 8.98 Å². The van der Waals surface area contributed by atoms with Gasteiger partial charge in [-0.1, -0.05) is 6.92 Å². The second-order valence-corrected chi connectivity index (χ2v) is 6.70. The molecule has 4 rings (SSSR count). The van der Waals surface area contributed by atoms with Gasteiger partial charge in [-0.15, -0.1) is 10.2 Å². The molecule has 0 spiro atoms. The maximum absolute atomic E-state index is 5.70. The monoisotopic (exact) mass is 315 g/mol. The summed E-state index contributed by atoms with van der Waals surface area (Å²) in [7, 11) is 2.19. The molecule has 1 aliphatic carbocycles. The van der Waals surface area contributed by atoms with E-state index in [0.29, 0.717) is 6.04 Å². The summed E-state index contributed by atoms with van der Waals surface area (Å²) in [4.78, 5) is 7.45. The zero-order valence-corrected chi connectivity index (χ0v) is 14.1. The number of fused-ring (bicyclic) bond motifs is 1. The molecule has 23 heavy (non-hydrogen) atoms. The van der Waals surface area contributed by atoms with E-state index >= 15 is 0 Å². The van der Waals surface area contributed by atoms with Crippen LogP contribution in [-0.2, 0) is 32.9 Å². The van der Waals surface area contributed by atoms with Crippen molar-refractivity contribution in [2.75, 3.05) is 6.54 Å². The highest BCUT2D eigenvalue weighted by Crippen LogP contribution is 2.34. The van der Waals surface area contributed by atoms with Crippen LogP contribution >= 0.6 is 0 Å². The lowest BCUT2D eigenvalue weighted by Crippen LogP contribution is -2.25. The summed E-state index contributed by atoms with van der Waals surface area (Å²) >= 11 is 0. The molecule has 0 amide bonds. The molecule has 6 nitrogen and oxygen atoms in total. The second kappa shape index (κ2) is 6.07. The Morgan fingerprint density at radius 2 is 1.96 bits per heavy atom. The number of aryl methyl sites for hydroxylation is 2. The minimum absolute atomic E-state index is 0.377. The lowest BCUT2D eigenvalue weighted by atomic mass is 10.0. The highest BCUT2D eigenvalue weighted by molar-refractivity contribution is 5.22. The largest absolute Gasteiger partial charge is 0.424 e. The molecule has 1 saturated heterocycles. The Morgan fingerprint density at radius 3 is 2.74 bits per heavy atom. The summed E-state index contributed by atoms with van der Waals surface area (Å²) in [5.74, 6) is 2.68. The van der Waals surface area contributed by atoms with Crippen LogP contribution in [0, 0.1) is 0 Å². The van der Waals surface area contributed by atoms with E-state index in [0.717, 1.165) is 37.7 Å². The first-order valence-corrected chi connectivity index (χ1v) is 8.86. The molecule has 6 heteroatoms. The quantitative estimate of drug-likeness (QED) is 0.868. The minimum Gasteiger partial charge on any atom is -0.424 e. The van der Waals surface area contributed by atoms with Gasteiger partial charge in [0.05, 0.1) is 18.3 Å². The van der Waals surface area contributed by atoms with Crippen LogP contribution in [0.4, 0.5) is 0 Å². The van der Waals surface area contributed by atoms with Crippen molar-refractivity contribution < 1.29 is 4.42 Å². The molecule has 3 heterocycles. The van der Waals surface area contributed by atoms with Gasteiger partial charge in [-0.25, -0.2) is 4.98 Å². The first-order chi connectivity index (χ1) is 11.3. The number of likely N-dealkylation sites (tertiary alicyclic amines) is 1. The van der Waals surface area contributed by atoms with Crippen LogP contribution in [0.25, 0.3) is 0 Å². The smallest absolute Gasteiger partial charge is 0.230 e. The molecule has 0 N–H and O–H groups in total. The third-order valence-electron chi connectivity index (χ3n) is 5.22. The third-order valence-corrected chi connectivity index (χ3v) is 5.22. The van der Waals surface area contributed by atoms with Crippen molar-refractivity contribution in [1.29, 1.82) is 0 Å². The minimum atomic E-state index is 0.377. The van der Waals surface area contributed by atoms with E-state index in [9.17, 15) is 0 Å². The van der Waals surface area contributed by atoms with E-state index in [-0.39, 0.29) is 0 Å². The Morgan fingerprint density at radius 1 is 1.13 bits per heavy atom. The number of nitrogens with zero attached hydrogens (tertiary/aromatic N) is 5. The highest BCUT2D eigenvalue weighted by atomic mass is 16.4. The lowest BCUT2D eigenvalue weighted by Gasteiger charge is -2.22. The van der Waals surface area contributed by atoms with Crippen LogP contribution in [0.1, 0.15) is 67.6 Å². The molecule has 2 aromatic heterocycles. The second-order valence-electron chi connectivity index (χ2n) is 6.70. The van der Waals surface area contributed by atoms with Crippen LogP contribution in [0.2, 0.25) is 0 Å². The summed E-state index contributed by atoms with van der Waals surface area (Å²) in [6.07, 6.45) is 8.05. The molecular weight excluding hydrogens is 290 g/mol. The van der Waals surface area contributed by atoms with Crippen molar-refractivity contribution >= 4 is 0 Å². The Kier molecular flexibility index (Phi) is 3.93. The summed E-state index contributed by atoms with van der Waals surface area (Å²) in [6, 6.07) is 0.377.